The number of hydrogen-bond acceptors (Lipinski definition) is 3. The van der Waals surface area contributed by atoms with E-state index in [9.17, 15) is 14.0 Å². The van der Waals surface area contributed by atoms with Gasteiger partial charge in [0, 0.05) is 17.6 Å². The number of benzene rings is 2. The number of halogens is 1. The fraction of sp³-hybridized carbons (Fsp3) is 0.238. The highest BCUT2D eigenvalue weighted by atomic mass is 19.1. The summed E-state index contributed by atoms with van der Waals surface area (Å²) in [6.45, 7) is 4.48. The van der Waals surface area contributed by atoms with Gasteiger partial charge in [0.15, 0.2) is 0 Å². The standard InChI is InChI=1S/C21H21FN2O3/c1-13(2)12-24-17-7-5-4-6-16(17)19(27-3)18(21(24)26)20(25)23-15-10-8-14(22)9-11-15/h4-11,13H,12H2,1-3H3,(H,23,25). The molecule has 3 rings (SSSR count). The van der Waals surface area contributed by atoms with Gasteiger partial charge < -0.3 is 14.6 Å². The molecule has 0 spiro atoms. The Morgan fingerprint density at radius 1 is 1.15 bits per heavy atom. The smallest absolute Gasteiger partial charge is 0.267 e. The molecule has 1 N–H and O–H groups in total. The van der Waals surface area contributed by atoms with Crippen molar-refractivity contribution in [3.63, 3.8) is 0 Å². The predicted molar refractivity (Wildman–Crippen MR) is 104 cm³/mol. The Morgan fingerprint density at radius 2 is 1.81 bits per heavy atom. The van der Waals surface area contributed by atoms with Crippen LogP contribution in [0.25, 0.3) is 10.9 Å². The minimum absolute atomic E-state index is 0.0684. The zero-order valence-electron chi connectivity index (χ0n) is 15.5. The molecule has 0 unspecified atom stereocenters. The van der Waals surface area contributed by atoms with Crippen LogP contribution in [0.4, 0.5) is 10.1 Å². The molecule has 0 atom stereocenters. The van der Waals surface area contributed by atoms with Gasteiger partial charge in [0.2, 0.25) is 0 Å². The lowest BCUT2D eigenvalue weighted by Gasteiger charge is -2.18. The van der Waals surface area contributed by atoms with Crippen molar-refractivity contribution in [1.82, 2.24) is 4.57 Å². The summed E-state index contributed by atoms with van der Waals surface area (Å²) in [6, 6.07) is 12.7. The number of nitrogens with zero attached hydrogens (tertiary/aromatic N) is 1. The molecule has 0 bridgehead atoms. The lowest BCUT2D eigenvalue weighted by Crippen LogP contribution is -2.31. The van der Waals surface area contributed by atoms with E-state index in [2.05, 4.69) is 5.32 Å². The molecule has 0 fully saturated rings. The number of para-hydroxylation sites is 1. The Hall–Kier alpha value is -3.15. The Balaban J connectivity index is 2.18. The topological polar surface area (TPSA) is 60.3 Å². The van der Waals surface area contributed by atoms with E-state index in [4.69, 9.17) is 4.74 Å². The number of hydrogen-bond donors (Lipinski definition) is 1. The van der Waals surface area contributed by atoms with E-state index in [0.717, 1.165) is 0 Å². The van der Waals surface area contributed by atoms with Crippen molar-refractivity contribution in [2.24, 2.45) is 5.92 Å². The highest BCUT2D eigenvalue weighted by molar-refractivity contribution is 6.09. The van der Waals surface area contributed by atoms with Crippen molar-refractivity contribution >= 4 is 22.5 Å². The van der Waals surface area contributed by atoms with Crippen molar-refractivity contribution in [2.45, 2.75) is 20.4 Å². The van der Waals surface area contributed by atoms with Crippen LogP contribution in [-0.2, 0) is 6.54 Å². The Labute approximate surface area is 156 Å². The number of ether oxygens (including phenoxy) is 1. The predicted octanol–water partition coefficient (Wildman–Crippen LogP) is 4.06. The fourth-order valence-corrected chi connectivity index (χ4v) is 3.06. The van der Waals surface area contributed by atoms with Gasteiger partial charge in [-0.25, -0.2) is 4.39 Å². The van der Waals surface area contributed by atoms with Crippen LogP contribution in [0, 0.1) is 11.7 Å². The number of nitrogens with one attached hydrogen (secondary N) is 1. The first-order chi connectivity index (χ1) is 12.9. The molecular weight excluding hydrogens is 347 g/mol. The molecule has 6 heteroatoms. The van der Waals surface area contributed by atoms with E-state index in [1.54, 1.807) is 4.57 Å². The average Bonchev–Trinajstić information content (AvgIpc) is 2.65. The molecular formula is C21H21FN2O3. The number of anilines is 1. The summed E-state index contributed by atoms with van der Waals surface area (Å²) < 4.78 is 20.1. The summed E-state index contributed by atoms with van der Waals surface area (Å²) in [7, 11) is 1.43. The van der Waals surface area contributed by atoms with Crippen molar-refractivity contribution in [3.05, 3.63) is 70.3 Å². The lowest BCUT2D eigenvalue weighted by molar-refractivity contribution is 0.102. The molecule has 0 saturated carbocycles. The van der Waals surface area contributed by atoms with Gasteiger partial charge in [-0.1, -0.05) is 26.0 Å². The van der Waals surface area contributed by atoms with Crippen LogP contribution >= 0.6 is 0 Å². The Morgan fingerprint density at radius 3 is 2.44 bits per heavy atom. The minimum atomic E-state index is -0.591. The normalized spacial score (nSPS) is 11.0. The van der Waals surface area contributed by atoms with Gasteiger partial charge in [-0.05, 0) is 42.3 Å². The summed E-state index contributed by atoms with van der Waals surface area (Å²) in [5.41, 5.74) is 0.623. The van der Waals surface area contributed by atoms with Crippen LogP contribution in [0.15, 0.2) is 53.3 Å². The number of carbonyl (C=O) groups is 1. The molecule has 140 valence electrons. The summed E-state index contributed by atoms with van der Waals surface area (Å²) in [5.74, 6) is -0.551. The maximum atomic E-state index is 13.1. The van der Waals surface area contributed by atoms with Gasteiger partial charge in [-0.3, -0.25) is 9.59 Å². The minimum Gasteiger partial charge on any atom is -0.495 e. The molecule has 0 saturated heterocycles. The fourth-order valence-electron chi connectivity index (χ4n) is 3.06. The van der Waals surface area contributed by atoms with Gasteiger partial charge >= 0.3 is 0 Å². The number of pyridine rings is 1. The molecule has 3 aromatic rings. The van der Waals surface area contributed by atoms with Crippen LogP contribution in [0.1, 0.15) is 24.2 Å². The second kappa shape index (κ2) is 7.61. The van der Waals surface area contributed by atoms with Crippen molar-refractivity contribution in [2.75, 3.05) is 12.4 Å². The molecule has 1 amide bonds. The molecule has 0 aliphatic heterocycles. The number of rotatable bonds is 5. The first-order valence-corrected chi connectivity index (χ1v) is 8.68. The van der Waals surface area contributed by atoms with E-state index in [0.29, 0.717) is 23.1 Å². The molecule has 1 aromatic heterocycles. The Bertz CT molecular complexity index is 1040. The molecule has 0 aliphatic carbocycles. The van der Waals surface area contributed by atoms with E-state index >= 15 is 0 Å². The van der Waals surface area contributed by atoms with Gasteiger partial charge in [-0.15, -0.1) is 0 Å². The number of fused-ring (bicyclic) bond motifs is 1. The van der Waals surface area contributed by atoms with Gasteiger partial charge in [0.1, 0.15) is 17.1 Å². The summed E-state index contributed by atoms with van der Waals surface area (Å²) >= 11 is 0. The summed E-state index contributed by atoms with van der Waals surface area (Å²) in [6.07, 6.45) is 0. The van der Waals surface area contributed by atoms with Crippen LogP contribution in [0.2, 0.25) is 0 Å². The molecule has 2 aromatic carbocycles. The highest BCUT2D eigenvalue weighted by Gasteiger charge is 2.23. The second-order valence-corrected chi connectivity index (χ2v) is 6.70. The van der Waals surface area contributed by atoms with Gasteiger partial charge in [0.25, 0.3) is 11.5 Å². The second-order valence-electron chi connectivity index (χ2n) is 6.70. The number of carbonyl (C=O) groups excluding carboxylic acids is 1. The summed E-state index contributed by atoms with van der Waals surface area (Å²) in [4.78, 5) is 26.0. The third kappa shape index (κ3) is 3.69. The van der Waals surface area contributed by atoms with Crippen LogP contribution in [0.5, 0.6) is 5.75 Å². The number of amides is 1. The van der Waals surface area contributed by atoms with Crippen molar-refractivity contribution in [1.29, 1.82) is 0 Å². The third-order valence-electron chi connectivity index (χ3n) is 4.21. The number of aromatic nitrogens is 1. The van der Waals surface area contributed by atoms with Crippen LogP contribution in [-0.4, -0.2) is 17.6 Å². The largest absolute Gasteiger partial charge is 0.495 e. The zero-order valence-corrected chi connectivity index (χ0v) is 15.5. The maximum Gasteiger partial charge on any atom is 0.267 e. The SMILES string of the molecule is COc1c(C(=O)Nc2ccc(F)cc2)c(=O)n(CC(C)C)c2ccccc12. The van der Waals surface area contributed by atoms with Gasteiger partial charge in [-0.2, -0.15) is 0 Å². The highest BCUT2D eigenvalue weighted by Crippen LogP contribution is 2.28. The van der Waals surface area contributed by atoms with E-state index in [1.165, 1.54) is 31.4 Å². The van der Waals surface area contributed by atoms with Crippen molar-refractivity contribution in [3.8, 4) is 5.75 Å². The Kier molecular flexibility index (Phi) is 5.26. The van der Waals surface area contributed by atoms with Gasteiger partial charge in [0.05, 0.1) is 12.6 Å². The molecule has 1 heterocycles. The quantitative estimate of drug-likeness (QED) is 0.739. The first kappa shape index (κ1) is 18.6. The number of methoxy groups -OCH3 is 1. The molecule has 0 aliphatic rings. The summed E-state index contributed by atoms with van der Waals surface area (Å²) in [5, 5.41) is 3.33. The van der Waals surface area contributed by atoms with Crippen LogP contribution in [0.3, 0.4) is 0 Å². The van der Waals surface area contributed by atoms with Crippen LogP contribution < -0.4 is 15.6 Å². The molecule has 27 heavy (non-hydrogen) atoms. The van der Waals surface area contributed by atoms with Crippen molar-refractivity contribution < 1.29 is 13.9 Å². The van der Waals surface area contributed by atoms with E-state index in [-0.39, 0.29) is 17.2 Å². The monoisotopic (exact) mass is 368 g/mol. The van der Waals surface area contributed by atoms with E-state index in [1.807, 2.05) is 38.1 Å². The molecule has 0 radical (unpaired) electrons. The molecule has 5 nitrogen and oxygen atoms in total. The first-order valence-electron chi connectivity index (χ1n) is 8.68. The average molecular weight is 368 g/mol. The van der Waals surface area contributed by atoms with E-state index < -0.39 is 17.3 Å². The maximum absolute atomic E-state index is 13.1. The third-order valence-corrected chi connectivity index (χ3v) is 4.21. The zero-order chi connectivity index (χ0) is 19.6. The lowest BCUT2D eigenvalue weighted by atomic mass is 10.1.